The number of hydrogen-bond donors (Lipinski definition) is 3. The Morgan fingerprint density at radius 2 is 1.84 bits per heavy atom. The van der Waals surface area contributed by atoms with Crippen molar-refractivity contribution in [2.45, 2.75) is 55.7 Å². The van der Waals surface area contributed by atoms with Crippen molar-refractivity contribution in [2.75, 3.05) is 6.61 Å². The summed E-state index contributed by atoms with van der Waals surface area (Å²) in [7, 11) is -3.85. The van der Waals surface area contributed by atoms with Gasteiger partial charge in [0.2, 0.25) is 15.9 Å². The normalized spacial score (nSPS) is 31.5. The minimum Gasteiger partial charge on any atom is -0.484 e. The number of benzene rings is 1. The summed E-state index contributed by atoms with van der Waals surface area (Å²) in [4.78, 5) is 24.9. The van der Waals surface area contributed by atoms with Gasteiger partial charge in [0, 0.05) is 18.2 Å². The molecule has 12 heteroatoms. The van der Waals surface area contributed by atoms with Crippen molar-refractivity contribution < 1.29 is 31.9 Å². The molecule has 1 aromatic rings. The van der Waals surface area contributed by atoms with Gasteiger partial charge in [-0.3, -0.25) is 9.59 Å². The van der Waals surface area contributed by atoms with E-state index in [0.29, 0.717) is 18.3 Å². The van der Waals surface area contributed by atoms with E-state index >= 15 is 0 Å². The van der Waals surface area contributed by atoms with Gasteiger partial charge in [0.15, 0.2) is 12.0 Å². The first-order valence-corrected chi connectivity index (χ1v) is 12.4. The molecule has 2 amide bonds. The number of amides is 2. The number of nitrogens with two attached hydrogens (primary N) is 1. The number of hydrogen-bond acceptors (Lipinski definition) is 6. The highest BCUT2D eigenvalue weighted by molar-refractivity contribution is 7.89. The predicted octanol–water partition coefficient (Wildman–Crippen LogP) is 1.05. The summed E-state index contributed by atoms with van der Waals surface area (Å²) in [5.74, 6) is -0.465. The molecule has 3 aliphatic carbocycles. The van der Waals surface area contributed by atoms with Crippen LogP contribution >= 0.6 is 11.6 Å². The molecule has 9 nitrogen and oxygen atoms in total. The van der Waals surface area contributed by atoms with Crippen molar-refractivity contribution in [1.82, 2.24) is 10.6 Å². The molecule has 1 saturated heterocycles. The van der Waals surface area contributed by atoms with Crippen molar-refractivity contribution >= 4 is 33.4 Å². The average molecular weight is 490 g/mol. The molecule has 1 aliphatic heterocycles. The lowest BCUT2D eigenvalue weighted by Crippen LogP contribution is -2.61. The lowest BCUT2D eigenvalue weighted by molar-refractivity contribution is -0.133. The van der Waals surface area contributed by atoms with E-state index in [4.69, 9.17) is 26.2 Å². The highest BCUT2D eigenvalue weighted by Crippen LogP contribution is 2.46. The zero-order valence-electron chi connectivity index (χ0n) is 17.1. The summed E-state index contributed by atoms with van der Waals surface area (Å²) in [5, 5.41) is 11.0. The fourth-order valence-electron chi connectivity index (χ4n) is 4.66. The van der Waals surface area contributed by atoms with Gasteiger partial charge in [-0.15, -0.1) is 0 Å². The third kappa shape index (κ3) is 5.16. The van der Waals surface area contributed by atoms with E-state index < -0.39 is 27.4 Å². The lowest BCUT2D eigenvalue weighted by Gasteiger charge is -2.51. The van der Waals surface area contributed by atoms with E-state index in [2.05, 4.69) is 10.6 Å². The molecule has 4 unspecified atom stereocenters. The molecule has 0 spiro atoms. The summed E-state index contributed by atoms with van der Waals surface area (Å²) in [6, 6.07) is 3.69. The van der Waals surface area contributed by atoms with E-state index in [1.807, 2.05) is 0 Å². The maximum atomic E-state index is 13.5. The summed E-state index contributed by atoms with van der Waals surface area (Å²) < 4.78 is 47.0. The minimum absolute atomic E-state index is 0.0280. The SMILES string of the molecule is NS(=O)(=O)C1CCC(C(=O)NC2CC(NC(=O)COc3ccc(Cl)c(F)c3)C3CC2C3)O1. The Hall–Kier alpha value is -1.95. The van der Waals surface area contributed by atoms with Crippen LogP contribution in [0.2, 0.25) is 5.02 Å². The Kier molecular flexibility index (Phi) is 6.62. The van der Waals surface area contributed by atoms with Gasteiger partial charge in [0.25, 0.3) is 5.91 Å². The molecule has 0 aromatic heterocycles. The van der Waals surface area contributed by atoms with Crippen molar-refractivity contribution in [3.8, 4) is 5.75 Å². The zero-order valence-corrected chi connectivity index (χ0v) is 18.7. The average Bonchev–Trinajstić information content (AvgIpc) is 3.19. The van der Waals surface area contributed by atoms with E-state index in [1.165, 1.54) is 12.1 Å². The number of rotatable bonds is 7. The second-order valence-corrected chi connectivity index (χ2v) is 10.7. The molecule has 4 N–H and O–H groups in total. The highest BCUT2D eigenvalue weighted by Gasteiger charge is 2.48. The molecular formula is C20H25ClFN3O6S. The molecule has 3 saturated carbocycles. The number of ether oxygens (including phenoxy) is 2. The third-order valence-corrected chi connectivity index (χ3v) is 7.82. The van der Waals surface area contributed by atoms with Gasteiger partial charge >= 0.3 is 0 Å². The van der Waals surface area contributed by atoms with Crippen molar-refractivity contribution in [3.05, 3.63) is 29.0 Å². The topological polar surface area (TPSA) is 137 Å². The molecule has 4 fully saturated rings. The van der Waals surface area contributed by atoms with E-state index in [0.717, 1.165) is 18.9 Å². The molecule has 4 aliphatic rings. The van der Waals surface area contributed by atoms with Gasteiger partial charge in [0.05, 0.1) is 5.02 Å². The van der Waals surface area contributed by atoms with Crippen LogP contribution < -0.4 is 20.5 Å². The maximum Gasteiger partial charge on any atom is 0.258 e. The van der Waals surface area contributed by atoms with Crippen LogP contribution in [-0.2, 0) is 24.3 Å². The summed E-state index contributed by atoms with van der Waals surface area (Å²) in [5.41, 5.74) is -1.15. The molecule has 176 valence electrons. The van der Waals surface area contributed by atoms with Crippen LogP contribution in [0.1, 0.15) is 32.1 Å². The quantitative estimate of drug-likeness (QED) is 0.523. The van der Waals surface area contributed by atoms with Crippen LogP contribution in [0.3, 0.4) is 0 Å². The Labute approximate surface area is 190 Å². The smallest absolute Gasteiger partial charge is 0.258 e. The first kappa shape index (κ1) is 23.2. The summed E-state index contributed by atoms with van der Waals surface area (Å²) >= 11 is 5.63. The van der Waals surface area contributed by atoms with Crippen LogP contribution in [0, 0.1) is 17.7 Å². The number of fused-ring (bicyclic) bond motifs is 2. The van der Waals surface area contributed by atoms with Gasteiger partial charge in [-0.1, -0.05) is 11.6 Å². The number of sulfonamides is 1. The Bertz CT molecular complexity index is 1000. The van der Waals surface area contributed by atoms with Crippen molar-refractivity contribution in [2.24, 2.45) is 17.0 Å². The van der Waals surface area contributed by atoms with E-state index in [-0.39, 0.29) is 54.1 Å². The van der Waals surface area contributed by atoms with E-state index in [1.54, 1.807) is 0 Å². The summed E-state index contributed by atoms with van der Waals surface area (Å²) in [6.45, 7) is -0.268. The standard InChI is InChI=1S/C20H25ClFN3O6S/c21-13-2-1-12(7-14(13)22)30-9-18(26)24-15-8-16(11-5-10(15)6-11)25-20(27)17-3-4-19(31-17)32(23,28)29/h1-2,7,10-11,15-17,19H,3-6,8-9H2,(H,24,26)(H,25,27)(H2,23,28,29). The Morgan fingerprint density at radius 1 is 1.16 bits per heavy atom. The number of primary sulfonamides is 1. The van der Waals surface area contributed by atoms with E-state index in [9.17, 15) is 22.4 Å². The van der Waals surface area contributed by atoms with Gasteiger partial charge in [-0.2, -0.15) is 0 Å². The van der Waals surface area contributed by atoms with Crippen LogP contribution in [0.4, 0.5) is 4.39 Å². The number of nitrogens with one attached hydrogen (secondary N) is 2. The Balaban J connectivity index is 1.26. The summed E-state index contributed by atoms with van der Waals surface area (Å²) in [6.07, 6.45) is 1.94. The maximum absolute atomic E-state index is 13.5. The molecule has 1 heterocycles. The number of halogens is 2. The molecule has 0 radical (unpaired) electrons. The molecule has 32 heavy (non-hydrogen) atoms. The monoisotopic (exact) mass is 489 g/mol. The molecular weight excluding hydrogens is 465 g/mol. The van der Waals surface area contributed by atoms with Gasteiger partial charge in [0.1, 0.15) is 17.7 Å². The van der Waals surface area contributed by atoms with Crippen LogP contribution in [0.5, 0.6) is 5.75 Å². The minimum atomic E-state index is -3.85. The first-order valence-electron chi connectivity index (χ1n) is 10.4. The van der Waals surface area contributed by atoms with Crippen LogP contribution in [0.25, 0.3) is 0 Å². The lowest BCUT2D eigenvalue weighted by atomic mass is 9.60. The fraction of sp³-hybridized carbons (Fsp3) is 0.600. The second kappa shape index (κ2) is 9.12. The second-order valence-electron chi connectivity index (χ2n) is 8.60. The molecule has 1 aromatic carbocycles. The fourth-order valence-corrected chi connectivity index (χ4v) is 5.53. The van der Waals surface area contributed by atoms with Gasteiger partial charge < -0.3 is 20.1 Å². The molecule has 4 atom stereocenters. The van der Waals surface area contributed by atoms with Crippen molar-refractivity contribution in [1.29, 1.82) is 0 Å². The predicted molar refractivity (Wildman–Crippen MR) is 113 cm³/mol. The number of carbonyl (C=O) groups excluding carboxylic acids is 2. The Morgan fingerprint density at radius 3 is 2.47 bits per heavy atom. The van der Waals surface area contributed by atoms with Crippen LogP contribution in [-0.4, -0.2) is 50.5 Å². The number of carbonyl (C=O) groups is 2. The largest absolute Gasteiger partial charge is 0.484 e. The molecule has 5 rings (SSSR count). The first-order chi connectivity index (χ1) is 15.1. The van der Waals surface area contributed by atoms with Gasteiger partial charge in [-0.05, 0) is 56.1 Å². The zero-order chi connectivity index (χ0) is 23.0. The van der Waals surface area contributed by atoms with Crippen molar-refractivity contribution in [3.63, 3.8) is 0 Å². The highest BCUT2D eigenvalue weighted by atomic mass is 35.5. The molecule has 2 bridgehead atoms. The third-order valence-electron chi connectivity index (χ3n) is 6.43. The van der Waals surface area contributed by atoms with Crippen LogP contribution in [0.15, 0.2) is 18.2 Å². The van der Waals surface area contributed by atoms with Gasteiger partial charge in [-0.25, -0.2) is 17.9 Å².